The van der Waals surface area contributed by atoms with E-state index in [1.165, 1.54) is 16.8 Å². The highest BCUT2D eigenvalue weighted by Gasteiger charge is 2.36. The molecule has 136 valence electrons. The zero-order chi connectivity index (χ0) is 17.5. The molecule has 2 heterocycles. The Morgan fingerprint density at radius 2 is 2.20 bits per heavy atom. The highest BCUT2D eigenvalue weighted by molar-refractivity contribution is 6.30. The first-order valence-corrected chi connectivity index (χ1v) is 8.09. The number of hydrogen-bond donors (Lipinski definition) is 1. The van der Waals surface area contributed by atoms with Gasteiger partial charge in [-0.1, -0.05) is 23.7 Å². The van der Waals surface area contributed by atoms with E-state index in [1.54, 1.807) is 17.9 Å². The number of benzene rings is 1. The molecule has 1 aliphatic heterocycles. The minimum atomic E-state index is -0.507. The summed E-state index contributed by atoms with van der Waals surface area (Å²) in [5.74, 6) is -0.670. The lowest BCUT2D eigenvalue weighted by molar-refractivity contribution is 0.0770. The van der Waals surface area contributed by atoms with Gasteiger partial charge in [0.1, 0.15) is 5.82 Å². The van der Waals surface area contributed by atoms with Crippen LogP contribution in [0.25, 0.3) is 5.69 Å². The molecule has 1 atom stereocenters. The van der Waals surface area contributed by atoms with E-state index in [1.807, 2.05) is 0 Å². The van der Waals surface area contributed by atoms with Crippen molar-refractivity contribution in [1.82, 2.24) is 19.9 Å². The van der Waals surface area contributed by atoms with E-state index in [-0.39, 0.29) is 34.4 Å². The molecule has 1 fully saturated rings. The summed E-state index contributed by atoms with van der Waals surface area (Å²) in [5.41, 5.74) is 7.17. The Kier molecular flexibility index (Phi) is 5.71. The van der Waals surface area contributed by atoms with E-state index >= 15 is 0 Å². The molecule has 0 spiro atoms. The summed E-state index contributed by atoms with van der Waals surface area (Å²) >= 11 is 5.81. The predicted octanol–water partition coefficient (Wildman–Crippen LogP) is 2.60. The minimum absolute atomic E-state index is 0. The summed E-state index contributed by atoms with van der Waals surface area (Å²) in [7, 11) is 0. The summed E-state index contributed by atoms with van der Waals surface area (Å²) in [6, 6.07) is 4.25. The first kappa shape index (κ1) is 19.6. The summed E-state index contributed by atoms with van der Waals surface area (Å²) in [6.45, 7) is 5.63. The maximum absolute atomic E-state index is 13.3. The van der Waals surface area contributed by atoms with Gasteiger partial charge in [0.05, 0.1) is 16.4 Å². The molecule has 0 bridgehead atoms. The monoisotopic (exact) mass is 387 g/mol. The van der Waals surface area contributed by atoms with Crippen molar-refractivity contribution in [2.45, 2.75) is 20.3 Å². The lowest BCUT2D eigenvalue weighted by Crippen LogP contribution is -2.35. The van der Waals surface area contributed by atoms with Gasteiger partial charge in [-0.15, -0.1) is 17.5 Å². The third-order valence-corrected chi connectivity index (χ3v) is 4.87. The molecular weight excluding hydrogens is 368 g/mol. The van der Waals surface area contributed by atoms with E-state index in [2.05, 4.69) is 17.2 Å². The lowest BCUT2D eigenvalue weighted by Gasteiger charge is -2.22. The van der Waals surface area contributed by atoms with Crippen molar-refractivity contribution in [1.29, 1.82) is 0 Å². The zero-order valence-electron chi connectivity index (χ0n) is 14.0. The fourth-order valence-electron chi connectivity index (χ4n) is 2.90. The van der Waals surface area contributed by atoms with Crippen molar-refractivity contribution >= 4 is 29.9 Å². The van der Waals surface area contributed by atoms with Gasteiger partial charge in [-0.25, -0.2) is 9.07 Å². The molecule has 1 aliphatic rings. The van der Waals surface area contributed by atoms with Crippen LogP contribution in [0.1, 0.15) is 29.5 Å². The first-order chi connectivity index (χ1) is 11.3. The number of nitrogens with zero attached hydrogens (tertiary/aromatic N) is 4. The minimum Gasteiger partial charge on any atom is -0.337 e. The molecular formula is C16H20Cl2FN5O. The molecule has 2 N–H and O–H groups in total. The van der Waals surface area contributed by atoms with Crippen molar-refractivity contribution in [3.63, 3.8) is 0 Å². The Hall–Kier alpha value is -1.70. The number of aromatic nitrogens is 3. The van der Waals surface area contributed by atoms with Gasteiger partial charge in [0, 0.05) is 13.1 Å². The Labute approximate surface area is 156 Å². The fraction of sp³-hybridized carbons (Fsp3) is 0.438. The molecule has 1 aromatic heterocycles. The van der Waals surface area contributed by atoms with Crippen molar-refractivity contribution in [2.24, 2.45) is 11.1 Å². The van der Waals surface area contributed by atoms with Crippen molar-refractivity contribution < 1.29 is 9.18 Å². The number of hydrogen-bond acceptors (Lipinski definition) is 4. The van der Waals surface area contributed by atoms with E-state index in [0.717, 1.165) is 6.42 Å². The fourth-order valence-corrected chi connectivity index (χ4v) is 3.08. The van der Waals surface area contributed by atoms with Crippen LogP contribution in [0.4, 0.5) is 4.39 Å². The second-order valence-electron chi connectivity index (χ2n) is 6.53. The second-order valence-corrected chi connectivity index (χ2v) is 6.93. The molecule has 9 heteroatoms. The Morgan fingerprint density at radius 1 is 1.48 bits per heavy atom. The van der Waals surface area contributed by atoms with Gasteiger partial charge in [-0.3, -0.25) is 4.79 Å². The van der Waals surface area contributed by atoms with Crippen LogP contribution in [0, 0.1) is 18.2 Å². The average molecular weight is 388 g/mol. The van der Waals surface area contributed by atoms with Crippen LogP contribution in [-0.4, -0.2) is 45.4 Å². The normalized spacial score (nSPS) is 19.8. The summed E-state index contributed by atoms with van der Waals surface area (Å²) in [5, 5.41) is 8.03. The molecule has 2 aromatic rings. The second kappa shape index (κ2) is 7.27. The van der Waals surface area contributed by atoms with Gasteiger partial charge >= 0.3 is 0 Å². The topological polar surface area (TPSA) is 77.0 Å². The zero-order valence-corrected chi connectivity index (χ0v) is 15.6. The molecule has 0 radical (unpaired) electrons. The molecule has 1 amide bonds. The van der Waals surface area contributed by atoms with Crippen LogP contribution < -0.4 is 5.73 Å². The van der Waals surface area contributed by atoms with Gasteiger partial charge in [0.2, 0.25) is 0 Å². The van der Waals surface area contributed by atoms with Gasteiger partial charge in [-0.2, -0.15) is 0 Å². The van der Waals surface area contributed by atoms with Crippen LogP contribution >= 0.6 is 24.0 Å². The van der Waals surface area contributed by atoms with Crippen LogP contribution in [0.5, 0.6) is 0 Å². The SMILES string of the molecule is Cc1c(C(=O)N2CCC(C)(CN)C2)nnn1-c1ccc(F)c(Cl)c1.Cl. The molecule has 0 aliphatic carbocycles. The average Bonchev–Trinajstić information content (AvgIpc) is 3.14. The number of amides is 1. The molecule has 1 aromatic carbocycles. The first-order valence-electron chi connectivity index (χ1n) is 7.72. The van der Waals surface area contributed by atoms with Gasteiger partial charge < -0.3 is 10.6 Å². The molecule has 1 unspecified atom stereocenters. The van der Waals surface area contributed by atoms with Gasteiger partial charge in [0.15, 0.2) is 5.69 Å². The van der Waals surface area contributed by atoms with Crippen LogP contribution in [0.2, 0.25) is 5.02 Å². The standard InChI is InChI=1S/C16H19ClFN5O.ClH/c1-10-14(15(24)22-6-5-16(2,8-19)9-22)20-21-23(10)11-3-4-13(18)12(17)7-11;/h3-4,7H,5-6,8-9,19H2,1-2H3;1H. The number of halogens is 3. The summed E-state index contributed by atoms with van der Waals surface area (Å²) < 4.78 is 14.8. The van der Waals surface area contributed by atoms with Crippen LogP contribution in [0.15, 0.2) is 18.2 Å². The maximum atomic E-state index is 13.3. The summed E-state index contributed by atoms with van der Waals surface area (Å²) in [4.78, 5) is 14.5. The molecule has 1 saturated heterocycles. The van der Waals surface area contributed by atoms with E-state index < -0.39 is 5.82 Å². The quantitative estimate of drug-likeness (QED) is 0.877. The Balaban J connectivity index is 0.00000225. The van der Waals surface area contributed by atoms with E-state index in [0.29, 0.717) is 31.0 Å². The van der Waals surface area contributed by atoms with E-state index in [4.69, 9.17) is 17.3 Å². The largest absolute Gasteiger partial charge is 0.337 e. The van der Waals surface area contributed by atoms with Crippen LogP contribution in [0.3, 0.4) is 0 Å². The Bertz CT molecular complexity index is 797. The van der Waals surface area contributed by atoms with E-state index in [9.17, 15) is 9.18 Å². The number of carbonyl (C=O) groups is 1. The molecule has 3 rings (SSSR count). The van der Waals surface area contributed by atoms with Crippen molar-refractivity contribution in [3.8, 4) is 5.69 Å². The molecule has 25 heavy (non-hydrogen) atoms. The highest BCUT2D eigenvalue weighted by atomic mass is 35.5. The van der Waals surface area contributed by atoms with Crippen molar-refractivity contribution in [2.75, 3.05) is 19.6 Å². The van der Waals surface area contributed by atoms with Crippen LogP contribution in [-0.2, 0) is 0 Å². The maximum Gasteiger partial charge on any atom is 0.276 e. The number of nitrogens with two attached hydrogens (primary N) is 1. The number of carbonyl (C=O) groups excluding carboxylic acids is 1. The highest BCUT2D eigenvalue weighted by Crippen LogP contribution is 2.29. The third kappa shape index (κ3) is 3.63. The predicted molar refractivity (Wildman–Crippen MR) is 96.0 cm³/mol. The molecule has 0 saturated carbocycles. The third-order valence-electron chi connectivity index (χ3n) is 4.58. The van der Waals surface area contributed by atoms with Crippen molar-refractivity contribution in [3.05, 3.63) is 40.4 Å². The number of likely N-dealkylation sites (tertiary alicyclic amines) is 1. The molecule has 6 nitrogen and oxygen atoms in total. The smallest absolute Gasteiger partial charge is 0.276 e. The van der Waals surface area contributed by atoms with Gasteiger partial charge in [0.25, 0.3) is 5.91 Å². The number of rotatable bonds is 3. The lowest BCUT2D eigenvalue weighted by atomic mass is 9.90. The van der Waals surface area contributed by atoms with Gasteiger partial charge in [-0.05, 0) is 43.5 Å². The Morgan fingerprint density at radius 3 is 2.80 bits per heavy atom. The summed E-state index contributed by atoms with van der Waals surface area (Å²) in [6.07, 6.45) is 0.871.